The lowest BCUT2D eigenvalue weighted by Crippen LogP contribution is -2.42. The van der Waals surface area contributed by atoms with E-state index in [9.17, 15) is 14.4 Å². The number of carbonyl (C=O) groups excluding carboxylic acids is 1. The van der Waals surface area contributed by atoms with Gasteiger partial charge in [-0.05, 0) is 25.8 Å². The molecule has 0 radical (unpaired) electrons. The lowest BCUT2D eigenvalue weighted by atomic mass is 9.94. The quantitative estimate of drug-likeness (QED) is 0.737. The molecule has 3 aromatic rings. The van der Waals surface area contributed by atoms with E-state index in [4.69, 9.17) is 0 Å². The number of hydrogen-bond acceptors (Lipinski definition) is 5. The summed E-state index contributed by atoms with van der Waals surface area (Å²) >= 11 is 0. The number of aryl methyl sites for hydroxylation is 1. The Hall–Kier alpha value is -3.29. The number of nitrogens with one attached hydrogen (secondary N) is 1. The molecule has 2 aromatic heterocycles. The van der Waals surface area contributed by atoms with E-state index in [0.29, 0.717) is 30.0 Å². The molecule has 8 nitrogen and oxygen atoms in total. The van der Waals surface area contributed by atoms with Crippen molar-refractivity contribution in [2.24, 2.45) is 0 Å². The molecule has 0 saturated carbocycles. The summed E-state index contributed by atoms with van der Waals surface area (Å²) in [4.78, 5) is 45.9. The number of aromatic nitrogens is 4. The second-order valence-corrected chi connectivity index (χ2v) is 7.13. The van der Waals surface area contributed by atoms with Gasteiger partial charge in [-0.15, -0.1) is 0 Å². The van der Waals surface area contributed by atoms with Crippen LogP contribution in [-0.4, -0.2) is 43.6 Å². The minimum Gasteiger partial charge on any atom is -0.340 e. The maximum atomic E-state index is 12.8. The van der Waals surface area contributed by atoms with E-state index in [0.717, 1.165) is 18.2 Å². The SMILES string of the molecule is Cc1nc([C@@H]2CCCN(C(=O)Cn3ncc4ccccc4c3=O)C2)cc(=O)[nH]1. The van der Waals surface area contributed by atoms with Crippen molar-refractivity contribution in [2.75, 3.05) is 13.1 Å². The van der Waals surface area contributed by atoms with Crippen molar-refractivity contribution in [3.05, 3.63) is 68.8 Å². The molecule has 1 fully saturated rings. The number of benzene rings is 1. The Kier molecular flexibility index (Phi) is 4.77. The van der Waals surface area contributed by atoms with E-state index < -0.39 is 0 Å². The Morgan fingerprint density at radius 1 is 1.29 bits per heavy atom. The number of carbonyl (C=O) groups is 1. The molecule has 1 amide bonds. The van der Waals surface area contributed by atoms with Gasteiger partial charge < -0.3 is 9.88 Å². The first-order chi connectivity index (χ1) is 13.5. The summed E-state index contributed by atoms with van der Waals surface area (Å²) in [5.74, 6) is 0.425. The number of H-pyrrole nitrogens is 1. The van der Waals surface area contributed by atoms with Gasteiger partial charge in [-0.3, -0.25) is 14.4 Å². The molecule has 28 heavy (non-hydrogen) atoms. The van der Waals surface area contributed by atoms with Crippen molar-refractivity contribution in [3.63, 3.8) is 0 Å². The monoisotopic (exact) mass is 379 g/mol. The summed E-state index contributed by atoms with van der Waals surface area (Å²) in [5.41, 5.74) is 0.254. The van der Waals surface area contributed by atoms with Crippen molar-refractivity contribution in [1.82, 2.24) is 24.6 Å². The molecule has 1 atom stereocenters. The van der Waals surface area contributed by atoms with Crippen LogP contribution in [0.25, 0.3) is 10.8 Å². The zero-order valence-electron chi connectivity index (χ0n) is 15.6. The van der Waals surface area contributed by atoms with Gasteiger partial charge in [0.2, 0.25) is 5.91 Å². The van der Waals surface area contributed by atoms with Gasteiger partial charge in [0, 0.05) is 30.5 Å². The molecule has 4 rings (SSSR count). The van der Waals surface area contributed by atoms with Crippen molar-refractivity contribution >= 4 is 16.7 Å². The molecule has 0 unspecified atom stereocenters. The summed E-state index contributed by atoms with van der Waals surface area (Å²) in [6, 6.07) is 8.69. The topological polar surface area (TPSA) is 101 Å². The first-order valence-corrected chi connectivity index (χ1v) is 9.32. The predicted octanol–water partition coefficient (Wildman–Crippen LogP) is 1.19. The molecule has 1 N–H and O–H groups in total. The maximum absolute atomic E-state index is 12.8. The molecule has 0 aliphatic carbocycles. The van der Waals surface area contributed by atoms with Crippen LogP contribution in [0.5, 0.6) is 0 Å². The van der Waals surface area contributed by atoms with E-state index in [1.54, 1.807) is 30.2 Å². The number of rotatable bonds is 3. The fourth-order valence-electron chi connectivity index (χ4n) is 3.73. The van der Waals surface area contributed by atoms with Gasteiger partial charge in [-0.2, -0.15) is 5.10 Å². The number of amides is 1. The van der Waals surface area contributed by atoms with Crippen LogP contribution >= 0.6 is 0 Å². The molecule has 144 valence electrons. The zero-order chi connectivity index (χ0) is 19.7. The van der Waals surface area contributed by atoms with Gasteiger partial charge in [0.1, 0.15) is 12.4 Å². The molecular weight excluding hydrogens is 358 g/mol. The lowest BCUT2D eigenvalue weighted by Gasteiger charge is -2.32. The van der Waals surface area contributed by atoms with Crippen LogP contribution in [0.1, 0.15) is 30.3 Å². The molecule has 1 aromatic carbocycles. The number of aromatic amines is 1. The van der Waals surface area contributed by atoms with Gasteiger partial charge in [0.25, 0.3) is 11.1 Å². The highest BCUT2D eigenvalue weighted by Crippen LogP contribution is 2.25. The van der Waals surface area contributed by atoms with E-state index in [1.165, 1.54) is 10.7 Å². The van der Waals surface area contributed by atoms with Crippen molar-refractivity contribution < 1.29 is 4.79 Å². The third-order valence-electron chi connectivity index (χ3n) is 5.12. The first-order valence-electron chi connectivity index (χ1n) is 9.32. The van der Waals surface area contributed by atoms with Gasteiger partial charge in [0.15, 0.2) is 0 Å². The fourth-order valence-corrected chi connectivity index (χ4v) is 3.73. The van der Waals surface area contributed by atoms with Gasteiger partial charge in [-0.1, -0.05) is 18.2 Å². The molecule has 1 saturated heterocycles. The second kappa shape index (κ2) is 7.38. The summed E-state index contributed by atoms with van der Waals surface area (Å²) in [5, 5.41) is 5.44. The minimum atomic E-state index is -0.271. The smallest absolute Gasteiger partial charge is 0.275 e. The number of hydrogen-bond donors (Lipinski definition) is 1. The van der Waals surface area contributed by atoms with Crippen LogP contribution < -0.4 is 11.1 Å². The van der Waals surface area contributed by atoms with Gasteiger partial charge in [-0.25, -0.2) is 9.67 Å². The lowest BCUT2D eigenvalue weighted by molar-refractivity contribution is -0.133. The normalized spacial score (nSPS) is 17.0. The summed E-state index contributed by atoms with van der Waals surface area (Å²) < 4.78 is 1.21. The molecule has 1 aliphatic rings. The average molecular weight is 379 g/mol. The molecule has 0 bridgehead atoms. The Morgan fingerprint density at radius 2 is 2.11 bits per heavy atom. The highest BCUT2D eigenvalue weighted by molar-refractivity contribution is 5.81. The Morgan fingerprint density at radius 3 is 2.93 bits per heavy atom. The van der Waals surface area contributed by atoms with E-state index in [-0.39, 0.29) is 29.5 Å². The standard InChI is InChI=1S/C20H21N5O3/c1-13-22-17(9-18(26)23-13)15-6-4-8-24(11-15)19(27)12-25-20(28)16-7-3-2-5-14(16)10-21-25/h2-3,5,7,9-10,15H,4,6,8,11-12H2,1H3,(H,22,23,26)/t15-/m1/s1. The van der Waals surface area contributed by atoms with Crippen LogP contribution in [-0.2, 0) is 11.3 Å². The Balaban J connectivity index is 1.53. The molecule has 3 heterocycles. The molecule has 0 spiro atoms. The minimum absolute atomic E-state index is 0.0139. The van der Waals surface area contributed by atoms with Crippen molar-refractivity contribution in [2.45, 2.75) is 32.2 Å². The number of fused-ring (bicyclic) bond motifs is 1. The summed E-state index contributed by atoms with van der Waals surface area (Å²) in [6.07, 6.45) is 3.30. The zero-order valence-corrected chi connectivity index (χ0v) is 15.6. The second-order valence-electron chi connectivity index (χ2n) is 7.13. The van der Waals surface area contributed by atoms with Crippen LogP contribution in [0, 0.1) is 6.92 Å². The Bertz CT molecular complexity index is 1150. The van der Waals surface area contributed by atoms with Gasteiger partial charge >= 0.3 is 0 Å². The fraction of sp³-hybridized carbons (Fsp3) is 0.350. The molecule has 1 aliphatic heterocycles. The highest BCUT2D eigenvalue weighted by Gasteiger charge is 2.26. The number of likely N-dealkylation sites (tertiary alicyclic amines) is 1. The average Bonchev–Trinajstić information content (AvgIpc) is 2.69. The van der Waals surface area contributed by atoms with Crippen LogP contribution in [0.2, 0.25) is 0 Å². The summed E-state index contributed by atoms with van der Waals surface area (Å²) in [6.45, 7) is 2.75. The Labute approximate surface area is 160 Å². The third kappa shape index (κ3) is 3.58. The van der Waals surface area contributed by atoms with Crippen LogP contribution in [0.15, 0.2) is 46.1 Å². The first kappa shape index (κ1) is 18.1. The van der Waals surface area contributed by atoms with Crippen molar-refractivity contribution in [3.8, 4) is 0 Å². The third-order valence-corrected chi connectivity index (χ3v) is 5.12. The highest BCUT2D eigenvalue weighted by atomic mass is 16.2. The number of piperidine rings is 1. The number of nitrogens with zero attached hydrogens (tertiary/aromatic N) is 4. The van der Waals surface area contributed by atoms with E-state index >= 15 is 0 Å². The molecule has 8 heteroatoms. The predicted molar refractivity (Wildman–Crippen MR) is 104 cm³/mol. The summed E-state index contributed by atoms with van der Waals surface area (Å²) in [7, 11) is 0. The maximum Gasteiger partial charge on any atom is 0.275 e. The van der Waals surface area contributed by atoms with Crippen LogP contribution in [0.3, 0.4) is 0 Å². The van der Waals surface area contributed by atoms with Crippen LogP contribution in [0.4, 0.5) is 0 Å². The van der Waals surface area contributed by atoms with E-state index in [2.05, 4.69) is 15.1 Å². The van der Waals surface area contributed by atoms with Crippen molar-refractivity contribution in [1.29, 1.82) is 0 Å². The largest absolute Gasteiger partial charge is 0.340 e. The van der Waals surface area contributed by atoms with Gasteiger partial charge in [0.05, 0.1) is 17.3 Å². The van der Waals surface area contributed by atoms with E-state index in [1.807, 2.05) is 12.1 Å². The molecular formula is C20H21N5O3.